The lowest BCUT2D eigenvalue weighted by atomic mass is 9.79. The van der Waals surface area contributed by atoms with Gasteiger partial charge in [0.25, 0.3) is 5.56 Å². The Morgan fingerprint density at radius 1 is 1.35 bits per heavy atom. The number of aromatic nitrogens is 3. The van der Waals surface area contributed by atoms with Crippen molar-refractivity contribution in [2.24, 2.45) is 0 Å². The van der Waals surface area contributed by atoms with E-state index in [9.17, 15) is 9.90 Å². The summed E-state index contributed by atoms with van der Waals surface area (Å²) < 4.78 is 1.27. The van der Waals surface area contributed by atoms with Crippen molar-refractivity contribution in [2.75, 3.05) is 11.9 Å². The molecule has 2 N–H and O–H groups in total. The number of anilines is 1. The minimum Gasteiger partial charge on any atom is -0.383 e. The molecular weight excluding hydrogens is 312 g/mol. The van der Waals surface area contributed by atoms with Gasteiger partial charge in [-0.1, -0.05) is 35.6 Å². The zero-order valence-electron chi connectivity index (χ0n) is 12.4. The fourth-order valence-electron chi connectivity index (χ4n) is 3.12. The van der Waals surface area contributed by atoms with Gasteiger partial charge in [-0.25, -0.2) is 4.98 Å². The van der Waals surface area contributed by atoms with Crippen LogP contribution in [0.5, 0.6) is 0 Å². The summed E-state index contributed by atoms with van der Waals surface area (Å²) in [5.74, 6) is 0. The maximum Gasteiger partial charge on any atom is 0.275 e. The van der Waals surface area contributed by atoms with Gasteiger partial charge in [0.2, 0.25) is 10.1 Å². The Labute approximate surface area is 136 Å². The van der Waals surface area contributed by atoms with Gasteiger partial charge >= 0.3 is 0 Å². The summed E-state index contributed by atoms with van der Waals surface area (Å²) >= 11 is 1.30. The van der Waals surface area contributed by atoms with Crippen LogP contribution >= 0.6 is 11.3 Å². The molecule has 1 aliphatic carbocycles. The summed E-state index contributed by atoms with van der Waals surface area (Å²) in [6.07, 6.45) is 4.14. The first kappa shape index (κ1) is 14.3. The van der Waals surface area contributed by atoms with Gasteiger partial charge < -0.3 is 10.4 Å². The number of rotatable bonds is 3. The lowest BCUT2D eigenvalue weighted by Gasteiger charge is -2.34. The molecule has 2 aromatic heterocycles. The first-order valence-corrected chi connectivity index (χ1v) is 8.37. The van der Waals surface area contributed by atoms with Crippen molar-refractivity contribution in [3.8, 4) is 0 Å². The standard InChI is InChI=1S/C16H16N4O2S/c21-13-7-9-17-15-20(13)19-14(23-15)18-10-16(22)8-3-5-11-4-1-2-6-12(11)16/h1-2,4,6-7,9,22H,3,5,8,10H2,(H,18,19). The topological polar surface area (TPSA) is 79.5 Å². The predicted molar refractivity (Wildman–Crippen MR) is 88.9 cm³/mol. The van der Waals surface area contributed by atoms with Crippen molar-refractivity contribution < 1.29 is 5.11 Å². The molecular formula is C16H16N4O2S. The number of benzene rings is 1. The van der Waals surface area contributed by atoms with E-state index in [1.54, 1.807) is 0 Å². The van der Waals surface area contributed by atoms with Crippen molar-refractivity contribution in [2.45, 2.75) is 24.9 Å². The lowest BCUT2D eigenvalue weighted by Crippen LogP contribution is -2.37. The van der Waals surface area contributed by atoms with Crippen molar-refractivity contribution >= 4 is 21.4 Å². The highest BCUT2D eigenvalue weighted by atomic mass is 32.1. The first-order valence-electron chi connectivity index (χ1n) is 7.55. The predicted octanol–water partition coefficient (Wildman–Crippen LogP) is 1.79. The molecule has 0 bridgehead atoms. The van der Waals surface area contributed by atoms with Gasteiger partial charge in [-0.05, 0) is 30.4 Å². The average Bonchev–Trinajstić information content (AvgIpc) is 2.98. The second-order valence-corrected chi connectivity index (χ2v) is 6.74. The van der Waals surface area contributed by atoms with Gasteiger partial charge in [-0.15, -0.1) is 5.10 Å². The molecule has 4 rings (SSSR count). The molecule has 6 nitrogen and oxygen atoms in total. The lowest BCUT2D eigenvalue weighted by molar-refractivity contribution is 0.0323. The Kier molecular flexibility index (Phi) is 3.39. The van der Waals surface area contributed by atoms with Crippen LogP contribution in [0, 0.1) is 0 Å². The number of fused-ring (bicyclic) bond motifs is 2. The Morgan fingerprint density at radius 2 is 2.22 bits per heavy atom. The maximum absolute atomic E-state index is 11.7. The van der Waals surface area contributed by atoms with Crippen LogP contribution in [0.25, 0.3) is 4.96 Å². The molecule has 1 aliphatic rings. The highest BCUT2D eigenvalue weighted by Crippen LogP contribution is 2.35. The molecule has 0 radical (unpaired) electrons. The number of nitrogens with one attached hydrogen (secondary N) is 1. The van der Waals surface area contributed by atoms with Gasteiger partial charge in [0.15, 0.2) is 0 Å². The Morgan fingerprint density at radius 3 is 3.09 bits per heavy atom. The van der Waals surface area contributed by atoms with Gasteiger partial charge in [-0.2, -0.15) is 4.52 Å². The molecule has 2 heterocycles. The molecule has 7 heteroatoms. The second-order valence-electron chi connectivity index (χ2n) is 5.78. The van der Waals surface area contributed by atoms with Crippen LogP contribution in [0.4, 0.5) is 5.13 Å². The van der Waals surface area contributed by atoms with Gasteiger partial charge in [0.1, 0.15) is 5.60 Å². The number of aryl methyl sites for hydroxylation is 1. The maximum atomic E-state index is 11.7. The molecule has 0 saturated heterocycles. The minimum atomic E-state index is -0.912. The average molecular weight is 328 g/mol. The highest BCUT2D eigenvalue weighted by molar-refractivity contribution is 7.20. The molecule has 23 heavy (non-hydrogen) atoms. The number of hydrogen-bond donors (Lipinski definition) is 2. The zero-order valence-corrected chi connectivity index (χ0v) is 13.2. The summed E-state index contributed by atoms with van der Waals surface area (Å²) in [5.41, 5.74) is 1.06. The van der Waals surface area contributed by atoms with E-state index in [1.807, 2.05) is 18.2 Å². The van der Waals surface area contributed by atoms with Gasteiger partial charge in [0, 0.05) is 12.3 Å². The third-order valence-corrected chi connectivity index (χ3v) is 5.14. The van der Waals surface area contributed by atoms with Crippen LogP contribution in [-0.2, 0) is 12.0 Å². The van der Waals surface area contributed by atoms with Gasteiger partial charge in [0.05, 0.1) is 6.54 Å². The first-order chi connectivity index (χ1) is 11.2. The summed E-state index contributed by atoms with van der Waals surface area (Å²) in [6.45, 7) is 0.360. The zero-order chi connectivity index (χ0) is 15.9. The Balaban J connectivity index is 1.61. The van der Waals surface area contributed by atoms with Crippen LogP contribution in [0.15, 0.2) is 41.3 Å². The summed E-state index contributed by atoms with van der Waals surface area (Å²) in [4.78, 5) is 16.4. The van der Waals surface area contributed by atoms with E-state index in [0.29, 0.717) is 23.1 Å². The SMILES string of the molecule is O=c1ccnc2sc(NCC3(O)CCCc4ccccc43)nn12. The second kappa shape index (κ2) is 5.43. The van der Waals surface area contributed by atoms with Crippen molar-refractivity contribution in [1.82, 2.24) is 14.6 Å². The Hall–Kier alpha value is -2.25. The molecule has 1 aromatic carbocycles. The normalized spacial score (nSPS) is 20.4. The molecule has 0 fully saturated rings. The molecule has 118 valence electrons. The highest BCUT2D eigenvalue weighted by Gasteiger charge is 2.34. The quantitative estimate of drug-likeness (QED) is 0.766. The smallest absolute Gasteiger partial charge is 0.275 e. The molecule has 3 aromatic rings. The van der Waals surface area contributed by atoms with Crippen molar-refractivity contribution in [3.05, 3.63) is 58.0 Å². The van der Waals surface area contributed by atoms with Crippen LogP contribution in [-0.4, -0.2) is 26.2 Å². The van der Waals surface area contributed by atoms with Crippen LogP contribution in [0.1, 0.15) is 24.0 Å². The van der Waals surface area contributed by atoms with E-state index in [0.717, 1.165) is 18.4 Å². The monoisotopic (exact) mass is 328 g/mol. The summed E-state index contributed by atoms with van der Waals surface area (Å²) in [5, 5.41) is 19.0. The number of hydrogen-bond acceptors (Lipinski definition) is 6. The molecule has 0 saturated carbocycles. The molecule has 1 atom stereocenters. The third kappa shape index (κ3) is 2.51. The number of nitrogens with zero attached hydrogens (tertiary/aromatic N) is 3. The van der Waals surface area contributed by atoms with Crippen molar-refractivity contribution in [3.63, 3.8) is 0 Å². The van der Waals surface area contributed by atoms with Crippen LogP contribution in [0.3, 0.4) is 0 Å². The van der Waals surface area contributed by atoms with Crippen LogP contribution < -0.4 is 10.9 Å². The van der Waals surface area contributed by atoms with Crippen LogP contribution in [0.2, 0.25) is 0 Å². The minimum absolute atomic E-state index is 0.207. The van der Waals surface area contributed by atoms with E-state index in [4.69, 9.17) is 0 Å². The molecule has 0 amide bonds. The fraction of sp³-hybridized carbons (Fsp3) is 0.312. The molecule has 0 spiro atoms. The van der Waals surface area contributed by atoms with E-state index in [-0.39, 0.29) is 5.56 Å². The van der Waals surface area contributed by atoms with E-state index < -0.39 is 5.60 Å². The molecule has 1 unspecified atom stereocenters. The fourth-order valence-corrected chi connectivity index (χ4v) is 3.89. The van der Waals surface area contributed by atoms with E-state index in [1.165, 1.54) is 33.7 Å². The van der Waals surface area contributed by atoms with Gasteiger partial charge in [-0.3, -0.25) is 4.79 Å². The summed E-state index contributed by atoms with van der Waals surface area (Å²) in [7, 11) is 0. The van der Waals surface area contributed by atoms with E-state index >= 15 is 0 Å². The summed E-state index contributed by atoms with van der Waals surface area (Å²) in [6, 6.07) is 9.39. The molecule has 0 aliphatic heterocycles. The third-order valence-electron chi connectivity index (χ3n) is 4.26. The van der Waals surface area contributed by atoms with Crippen molar-refractivity contribution in [1.29, 1.82) is 0 Å². The Bertz CT molecular complexity index is 920. The largest absolute Gasteiger partial charge is 0.383 e. The number of aliphatic hydroxyl groups is 1. The van der Waals surface area contributed by atoms with E-state index in [2.05, 4.69) is 21.5 Å².